The van der Waals surface area contributed by atoms with Crippen LogP contribution in [0, 0.1) is 0 Å². The highest BCUT2D eigenvalue weighted by molar-refractivity contribution is 5.18. The van der Waals surface area contributed by atoms with Gasteiger partial charge in [-0.15, -0.1) is 0 Å². The fourth-order valence-corrected chi connectivity index (χ4v) is 0.679. The van der Waals surface area contributed by atoms with Gasteiger partial charge in [-0.1, -0.05) is 18.7 Å². The summed E-state index contributed by atoms with van der Waals surface area (Å²) in [6, 6.07) is 0. The van der Waals surface area contributed by atoms with Crippen LogP contribution < -0.4 is 0 Å². The molecule has 2 nitrogen and oxygen atoms in total. The predicted octanol–water partition coefficient (Wildman–Crippen LogP) is 2.64. The molecule has 0 radical (unpaired) electrons. The number of allylic oxidation sites excluding steroid dienone is 4. The Hall–Kier alpha value is -1.18. The third kappa shape index (κ3) is 3.86. The molecule has 0 heterocycles. The van der Waals surface area contributed by atoms with Gasteiger partial charge in [-0.2, -0.15) is 0 Å². The second kappa shape index (κ2) is 6.53. The van der Waals surface area contributed by atoms with Crippen molar-refractivity contribution in [2.75, 3.05) is 13.7 Å². The highest BCUT2D eigenvalue weighted by atomic mass is 16.5. The average molecular weight is 168 g/mol. The number of ether oxygens (including phenoxy) is 2. The summed E-state index contributed by atoms with van der Waals surface area (Å²) in [6.45, 7) is 8.00. The Morgan fingerprint density at radius 1 is 1.50 bits per heavy atom. The highest BCUT2D eigenvalue weighted by Crippen LogP contribution is 2.07. The van der Waals surface area contributed by atoms with Gasteiger partial charge in [0.1, 0.15) is 5.76 Å². The normalized spacial score (nSPS) is 12.6. The molecule has 0 unspecified atom stereocenters. The van der Waals surface area contributed by atoms with Crippen molar-refractivity contribution >= 4 is 0 Å². The molecule has 12 heavy (non-hydrogen) atoms. The van der Waals surface area contributed by atoms with Crippen molar-refractivity contribution in [3.63, 3.8) is 0 Å². The standard InChI is InChI=1S/C10H16O2/c1-5-7-8-10(12-6-2)9(3)11-4/h5,7-8H,1,6H2,2-4H3/b8-7-,10-9-. The molecule has 0 aromatic carbocycles. The Balaban J connectivity index is 4.41. The topological polar surface area (TPSA) is 18.5 Å². The molecule has 68 valence electrons. The van der Waals surface area contributed by atoms with Crippen LogP contribution in [0.2, 0.25) is 0 Å². The zero-order valence-electron chi connectivity index (χ0n) is 7.96. The van der Waals surface area contributed by atoms with Crippen LogP contribution in [-0.2, 0) is 9.47 Å². The monoisotopic (exact) mass is 168 g/mol. The van der Waals surface area contributed by atoms with Gasteiger partial charge in [-0.05, 0) is 19.9 Å². The number of hydrogen-bond acceptors (Lipinski definition) is 2. The average Bonchev–Trinajstić information content (AvgIpc) is 2.11. The predicted molar refractivity (Wildman–Crippen MR) is 50.7 cm³/mol. The lowest BCUT2D eigenvalue weighted by molar-refractivity contribution is 0.200. The Morgan fingerprint density at radius 3 is 2.58 bits per heavy atom. The van der Waals surface area contributed by atoms with E-state index >= 15 is 0 Å². The molecule has 0 amide bonds. The number of hydrogen-bond donors (Lipinski definition) is 0. The maximum Gasteiger partial charge on any atom is 0.156 e. The Kier molecular flexibility index (Phi) is 5.88. The third-order valence-corrected chi connectivity index (χ3v) is 1.34. The van der Waals surface area contributed by atoms with Gasteiger partial charge >= 0.3 is 0 Å². The number of rotatable bonds is 5. The quantitative estimate of drug-likeness (QED) is 0.464. The second-order valence-corrected chi connectivity index (χ2v) is 2.15. The van der Waals surface area contributed by atoms with E-state index in [0.29, 0.717) is 6.61 Å². The second-order valence-electron chi connectivity index (χ2n) is 2.15. The molecule has 0 aliphatic heterocycles. The lowest BCUT2D eigenvalue weighted by Crippen LogP contribution is -1.94. The molecule has 0 aromatic rings. The Morgan fingerprint density at radius 2 is 2.17 bits per heavy atom. The van der Waals surface area contributed by atoms with Crippen molar-refractivity contribution in [1.82, 2.24) is 0 Å². The molecule has 0 bridgehead atoms. The summed E-state index contributed by atoms with van der Waals surface area (Å²) in [6.07, 6.45) is 5.34. The molecule has 2 heteroatoms. The molecule has 0 atom stereocenters. The third-order valence-electron chi connectivity index (χ3n) is 1.34. The first-order valence-electron chi connectivity index (χ1n) is 3.93. The van der Waals surface area contributed by atoms with Crippen molar-refractivity contribution in [1.29, 1.82) is 0 Å². The van der Waals surface area contributed by atoms with Crippen LogP contribution in [-0.4, -0.2) is 13.7 Å². The van der Waals surface area contributed by atoms with Crippen molar-refractivity contribution in [2.24, 2.45) is 0 Å². The van der Waals surface area contributed by atoms with Crippen LogP contribution >= 0.6 is 0 Å². The first kappa shape index (κ1) is 10.8. The van der Waals surface area contributed by atoms with E-state index in [1.54, 1.807) is 13.2 Å². The fourth-order valence-electron chi connectivity index (χ4n) is 0.679. The minimum Gasteiger partial charge on any atom is -0.498 e. The van der Waals surface area contributed by atoms with Crippen molar-refractivity contribution < 1.29 is 9.47 Å². The van der Waals surface area contributed by atoms with Crippen molar-refractivity contribution in [2.45, 2.75) is 13.8 Å². The summed E-state index contributed by atoms with van der Waals surface area (Å²) < 4.78 is 10.3. The minimum absolute atomic E-state index is 0.636. The molecule has 0 saturated heterocycles. The molecular formula is C10H16O2. The molecule has 0 rings (SSSR count). The van der Waals surface area contributed by atoms with Gasteiger partial charge in [0.2, 0.25) is 0 Å². The highest BCUT2D eigenvalue weighted by Gasteiger charge is 1.97. The molecular weight excluding hydrogens is 152 g/mol. The van der Waals surface area contributed by atoms with E-state index in [1.807, 2.05) is 26.0 Å². The van der Waals surface area contributed by atoms with Gasteiger partial charge < -0.3 is 9.47 Å². The van der Waals surface area contributed by atoms with E-state index in [0.717, 1.165) is 11.5 Å². The summed E-state index contributed by atoms with van der Waals surface area (Å²) >= 11 is 0. The maximum absolute atomic E-state index is 5.32. The number of methoxy groups -OCH3 is 1. The van der Waals surface area contributed by atoms with Gasteiger partial charge in [-0.3, -0.25) is 0 Å². The van der Waals surface area contributed by atoms with Crippen LogP contribution in [0.3, 0.4) is 0 Å². The smallest absolute Gasteiger partial charge is 0.156 e. The molecule has 0 aromatic heterocycles. The first-order valence-corrected chi connectivity index (χ1v) is 3.93. The van der Waals surface area contributed by atoms with Crippen LogP contribution in [0.4, 0.5) is 0 Å². The van der Waals surface area contributed by atoms with Gasteiger partial charge in [0, 0.05) is 0 Å². The van der Waals surface area contributed by atoms with Gasteiger partial charge in [-0.25, -0.2) is 0 Å². The summed E-state index contributed by atoms with van der Waals surface area (Å²) in [5.74, 6) is 1.52. The van der Waals surface area contributed by atoms with E-state index in [-0.39, 0.29) is 0 Å². The summed E-state index contributed by atoms with van der Waals surface area (Å²) in [5, 5.41) is 0. The fraction of sp³-hybridized carbons (Fsp3) is 0.400. The van der Waals surface area contributed by atoms with Crippen LogP contribution in [0.5, 0.6) is 0 Å². The minimum atomic E-state index is 0.636. The van der Waals surface area contributed by atoms with Crippen LogP contribution in [0.1, 0.15) is 13.8 Å². The largest absolute Gasteiger partial charge is 0.498 e. The zero-order chi connectivity index (χ0) is 9.40. The molecule has 0 aliphatic rings. The summed E-state index contributed by atoms with van der Waals surface area (Å²) in [4.78, 5) is 0. The lowest BCUT2D eigenvalue weighted by atomic mass is 10.3. The van der Waals surface area contributed by atoms with E-state index in [9.17, 15) is 0 Å². The van der Waals surface area contributed by atoms with Gasteiger partial charge in [0.05, 0.1) is 13.7 Å². The van der Waals surface area contributed by atoms with Crippen molar-refractivity contribution in [3.8, 4) is 0 Å². The molecule has 0 spiro atoms. The summed E-state index contributed by atoms with van der Waals surface area (Å²) in [5.41, 5.74) is 0. The van der Waals surface area contributed by atoms with E-state index in [1.165, 1.54) is 0 Å². The molecule has 0 saturated carbocycles. The van der Waals surface area contributed by atoms with Gasteiger partial charge in [0.25, 0.3) is 0 Å². The first-order chi connectivity index (χ1) is 5.76. The lowest BCUT2D eigenvalue weighted by Gasteiger charge is -2.07. The Labute approximate surface area is 74.2 Å². The maximum atomic E-state index is 5.32. The van der Waals surface area contributed by atoms with Gasteiger partial charge in [0.15, 0.2) is 5.76 Å². The molecule has 0 aliphatic carbocycles. The zero-order valence-corrected chi connectivity index (χ0v) is 7.96. The van der Waals surface area contributed by atoms with E-state index in [2.05, 4.69) is 6.58 Å². The summed E-state index contributed by atoms with van der Waals surface area (Å²) in [7, 11) is 1.62. The molecule has 0 N–H and O–H groups in total. The van der Waals surface area contributed by atoms with Crippen LogP contribution in [0.25, 0.3) is 0 Å². The SMILES string of the molecule is C=C/C=C\C(OCC)=C(/C)OC. The van der Waals surface area contributed by atoms with Crippen LogP contribution in [0.15, 0.2) is 36.3 Å². The molecule has 0 fully saturated rings. The Bertz CT molecular complexity index is 190. The van der Waals surface area contributed by atoms with Crippen molar-refractivity contribution in [3.05, 3.63) is 36.3 Å². The van der Waals surface area contributed by atoms with E-state index in [4.69, 9.17) is 9.47 Å². The van der Waals surface area contributed by atoms with E-state index < -0.39 is 0 Å².